The highest BCUT2D eigenvalue weighted by Crippen LogP contribution is 2.37. The second-order valence-corrected chi connectivity index (χ2v) is 12.9. The number of benzene rings is 1. The van der Waals surface area contributed by atoms with E-state index in [2.05, 4.69) is 20.0 Å². The van der Waals surface area contributed by atoms with Crippen LogP contribution in [0.3, 0.4) is 0 Å². The van der Waals surface area contributed by atoms with Crippen molar-refractivity contribution in [3.05, 3.63) is 87.8 Å². The van der Waals surface area contributed by atoms with Crippen LogP contribution in [0.2, 0.25) is 0 Å². The smallest absolute Gasteiger partial charge is 0.304 e. The number of ether oxygens (including phenoxy) is 1. The Morgan fingerprint density at radius 1 is 1.21 bits per heavy atom. The summed E-state index contributed by atoms with van der Waals surface area (Å²) in [6.45, 7) is 14.6. The standard InChI is InChI=1S/C30H31N7O5S/c1-18-5-6-21(26(13-28(38)39)25-7-8-36-20(3)33-34-29(36)19(25)2)11-22(18)15-35-16-24-17-42-10-9-37(24)30-27(43(35,40)41)12-23(31-4)14-32-30/h5-8,11-12,14,24,26H,9-10,13,15-17H2,1-3H3,(H,38,39)/t24-,26-/m0/s1. The number of sulfonamides is 1. The molecule has 0 amide bonds. The van der Waals surface area contributed by atoms with Gasteiger partial charge in [-0.1, -0.05) is 18.2 Å². The van der Waals surface area contributed by atoms with E-state index < -0.39 is 21.9 Å². The highest BCUT2D eigenvalue weighted by molar-refractivity contribution is 7.89. The molecule has 1 saturated heterocycles. The Balaban J connectivity index is 1.42. The Bertz CT molecular complexity index is 1900. The molecule has 0 spiro atoms. The van der Waals surface area contributed by atoms with E-state index >= 15 is 0 Å². The maximum Gasteiger partial charge on any atom is 0.304 e. The van der Waals surface area contributed by atoms with Gasteiger partial charge in [0.1, 0.15) is 16.5 Å². The van der Waals surface area contributed by atoms with Crippen molar-refractivity contribution in [1.82, 2.24) is 23.9 Å². The Hall–Kier alpha value is -4.38. The van der Waals surface area contributed by atoms with Gasteiger partial charge in [0.05, 0.1) is 32.2 Å². The fourth-order valence-electron chi connectivity index (χ4n) is 6.04. The number of carbonyl (C=O) groups is 1. The van der Waals surface area contributed by atoms with Crippen LogP contribution in [-0.4, -0.2) is 75.7 Å². The molecule has 5 heterocycles. The van der Waals surface area contributed by atoms with Gasteiger partial charge in [0.25, 0.3) is 0 Å². The largest absolute Gasteiger partial charge is 0.481 e. The predicted molar refractivity (Wildman–Crippen MR) is 158 cm³/mol. The van der Waals surface area contributed by atoms with Gasteiger partial charge in [-0.3, -0.25) is 9.20 Å². The summed E-state index contributed by atoms with van der Waals surface area (Å²) in [5.74, 6) is -0.369. The van der Waals surface area contributed by atoms with Crippen molar-refractivity contribution in [2.75, 3.05) is 31.2 Å². The molecule has 0 bridgehead atoms. The van der Waals surface area contributed by atoms with Gasteiger partial charge >= 0.3 is 5.97 Å². The number of fused-ring (bicyclic) bond motifs is 4. The minimum atomic E-state index is -4.04. The van der Waals surface area contributed by atoms with Gasteiger partial charge in [-0.05, 0) is 60.7 Å². The zero-order valence-corrected chi connectivity index (χ0v) is 24.9. The van der Waals surface area contributed by atoms with E-state index in [0.717, 1.165) is 33.6 Å². The summed E-state index contributed by atoms with van der Waals surface area (Å²) in [6.07, 6.45) is 3.10. The fourth-order valence-corrected chi connectivity index (χ4v) is 7.67. The van der Waals surface area contributed by atoms with Crippen LogP contribution in [0.1, 0.15) is 46.0 Å². The number of hydrogen-bond donors (Lipinski definition) is 1. The van der Waals surface area contributed by atoms with Crippen molar-refractivity contribution in [2.45, 2.75) is 50.6 Å². The first kappa shape index (κ1) is 28.7. The summed E-state index contributed by atoms with van der Waals surface area (Å²) >= 11 is 0. The lowest BCUT2D eigenvalue weighted by atomic mass is 9.85. The number of pyridine rings is 2. The van der Waals surface area contributed by atoms with Crippen molar-refractivity contribution in [3.8, 4) is 0 Å². The molecule has 43 heavy (non-hydrogen) atoms. The molecule has 1 fully saturated rings. The summed E-state index contributed by atoms with van der Waals surface area (Å²) in [7, 11) is -4.04. The number of morpholine rings is 1. The van der Waals surface area contributed by atoms with Crippen molar-refractivity contribution < 1.29 is 23.1 Å². The lowest BCUT2D eigenvalue weighted by Gasteiger charge is -2.36. The Kier molecular flexibility index (Phi) is 7.37. The van der Waals surface area contributed by atoms with Crippen molar-refractivity contribution >= 4 is 33.1 Å². The first-order valence-electron chi connectivity index (χ1n) is 13.9. The Labute approximate surface area is 249 Å². The molecular weight excluding hydrogens is 570 g/mol. The summed E-state index contributed by atoms with van der Waals surface area (Å²) in [5.41, 5.74) is 4.87. The molecule has 13 heteroatoms. The van der Waals surface area contributed by atoms with E-state index in [1.54, 1.807) is 0 Å². The van der Waals surface area contributed by atoms with Crippen LogP contribution in [0.25, 0.3) is 10.5 Å². The summed E-state index contributed by atoms with van der Waals surface area (Å²) in [6, 6.07) is 8.77. The molecule has 0 radical (unpaired) electrons. The van der Waals surface area contributed by atoms with Crippen LogP contribution >= 0.6 is 0 Å². The molecule has 2 atom stereocenters. The molecule has 12 nitrogen and oxygen atoms in total. The number of carboxylic acid groups (broad SMARTS) is 1. The first-order chi connectivity index (χ1) is 20.6. The summed E-state index contributed by atoms with van der Waals surface area (Å²) < 4.78 is 37.3. The third kappa shape index (κ3) is 5.11. The third-order valence-electron chi connectivity index (χ3n) is 8.39. The highest BCUT2D eigenvalue weighted by Gasteiger charge is 2.40. The average Bonchev–Trinajstić information content (AvgIpc) is 3.34. The van der Waals surface area contributed by atoms with Crippen molar-refractivity contribution in [2.24, 2.45) is 0 Å². The van der Waals surface area contributed by atoms with E-state index in [9.17, 15) is 18.3 Å². The number of rotatable bonds is 6. The normalized spacial score (nSPS) is 18.8. The number of anilines is 1. The molecule has 0 unspecified atom stereocenters. The van der Waals surface area contributed by atoms with Gasteiger partial charge in [0.15, 0.2) is 5.65 Å². The van der Waals surface area contributed by atoms with Gasteiger partial charge < -0.3 is 14.7 Å². The van der Waals surface area contributed by atoms with Crippen LogP contribution < -0.4 is 4.90 Å². The van der Waals surface area contributed by atoms with E-state index in [1.165, 1.54) is 16.6 Å². The molecule has 1 aromatic carbocycles. The molecule has 1 N–H and O–H groups in total. The number of aliphatic carboxylic acids is 1. The van der Waals surface area contributed by atoms with Gasteiger partial charge in [-0.2, -0.15) is 4.31 Å². The molecule has 0 aliphatic carbocycles. The minimum Gasteiger partial charge on any atom is -0.481 e. The van der Waals surface area contributed by atoms with Crippen molar-refractivity contribution in [3.63, 3.8) is 0 Å². The predicted octanol–water partition coefficient (Wildman–Crippen LogP) is 3.62. The van der Waals surface area contributed by atoms with Gasteiger partial charge in [0, 0.05) is 37.9 Å². The SMILES string of the molecule is [C-]#[N+]c1cnc2c(c1)S(=O)(=O)N(Cc1cc([C@H](CC(=O)O)c3ccn4c(C)nnc4c3C)ccc1C)C[C@H]1COCCN21. The number of hydrogen-bond acceptors (Lipinski definition) is 8. The monoisotopic (exact) mass is 601 g/mol. The Morgan fingerprint density at radius 3 is 2.79 bits per heavy atom. The van der Waals surface area contributed by atoms with E-state index in [-0.39, 0.29) is 36.1 Å². The second kappa shape index (κ2) is 11.0. The van der Waals surface area contributed by atoms with Crippen LogP contribution in [0.5, 0.6) is 0 Å². The van der Waals surface area contributed by atoms with Crippen LogP contribution in [-0.2, 0) is 26.1 Å². The molecule has 2 aliphatic rings. The number of nitrogens with zero attached hydrogens (tertiary/aromatic N) is 7. The van der Waals surface area contributed by atoms with E-state index in [0.29, 0.717) is 31.2 Å². The average molecular weight is 602 g/mol. The number of aromatic nitrogens is 4. The second-order valence-electron chi connectivity index (χ2n) is 11.0. The van der Waals surface area contributed by atoms with Gasteiger partial charge in [-0.15, -0.1) is 10.2 Å². The summed E-state index contributed by atoms with van der Waals surface area (Å²) in [5, 5.41) is 18.3. The topological polar surface area (TPSA) is 135 Å². The summed E-state index contributed by atoms with van der Waals surface area (Å²) in [4.78, 5) is 21.9. The molecule has 3 aromatic heterocycles. The minimum absolute atomic E-state index is 0.00971. The quantitative estimate of drug-likeness (QED) is 0.329. The molecular formula is C30H31N7O5S. The number of aryl methyl sites for hydroxylation is 3. The van der Waals surface area contributed by atoms with Crippen molar-refractivity contribution in [1.29, 1.82) is 0 Å². The molecule has 6 rings (SSSR count). The number of carboxylic acids is 1. The first-order valence-corrected chi connectivity index (χ1v) is 15.4. The Morgan fingerprint density at radius 2 is 2.02 bits per heavy atom. The fraction of sp³-hybridized carbons (Fsp3) is 0.367. The van der Waals surface area contributed by atoms with Crippen LogP contribution in [0, 0.1) is 27.3 Å². The maximum absolute atomic E-state index is 14.1. The van der Waals surface area contributed by atoms with Gasteiger partial charge in [0.2, 0.25) is 15.7 Å². The molecule has 4 aromatic rings. The lowest BCUT2D eigenvalue weighted by Crippen LogP contribution is -2.50. The van der Waals surface area contributed by atoms with Gasteiger partial charge in [-0.25, -0.2) is 18.2 Å². The molecule has 0 saturated carbocycles. The van der Waals surface area contributed by atoms with Crippen LogP contribution in [0.4, 0.5) is 11.5 Å². The zero-order chi connectivity index (χ0) is 30.5. The van der Waals surface area contributed by atoms with E-state index in [1.807, 2.05) is 60.5 Å². The van der Waals surface area contributed by atoms with Crippen LogP contribution in [0.15, 0.2) is 47.6 Å². The lowest BCUT2D eigenvalue weighted by molar-refractivity contribution is -0.137. The maximum atomic E-state index is 14.1. The third-order valence-corrected chi connectivity index (χ3v) is 10.2. The zero-order valence-electron chi connectivity index (χ0n) is 24.1. The highest BCUT2D eigenvalue weighted by atomic mass is 32.2. The molecule has 222 valence electrons. The van der Waals surface area contributed by atoms with E-state index in [4.69, 9.17) is 11.3 Å². The molecule has 2 aliphatic heterocycles.